The predicted octanol–water partition coefficient (Wildman–Crippen LogP) is 7.74. The maximum atomic E-state index is 13.6. The van der Waals surface area contributed by atoms with E-state index in [0.717, 1.165) is 27.8 Å². The van der Waals surface area contributed by atoms with Crippen molar-refractivity contribution in [2.75, 3.05) is 28.2 Å². The molecular formula is C38H36N2O3. The second kappa shape index (κ2) is 14.5. The molecule has 0 bridgehead atoms. The minimum Gasteiger partial charge on any atom is -0.506 e. The molecule has 0 aliphatic rings. The van der Waals surface area contributed by atoms with Gasteiger partial charge in [0.05, 0.1) is 11.1 Å². The van der Waals surface area contributed by atoms with Crippen LogP contribution in [-0.4, -0.2) is 54.7 Å². The first kappa shape index (κ1) is 30.5. The van der Waals surface area contributed by atoms with E-state index < -0.39 is 11.6 Å². The summed E-state index contributed by atoms with van der Waals surface area (Å²) in [4.78, 5) is 31.0. The van der Waals surface area contributed by atoms with Gasteiger partial charge in [-0.25, -0.2) is 0 Å². The Morgan fingerprint density at radius 1 is 0.535 bits per heavy atom. The maximum absolute atomic E-state index is 13.6. The molecule has 0 spiro atoms. The number of benzene rings is 4. The normalized spacial score (nSPS) is 12.1. The first-order chi connectivity index (χ1) is 20.7. The van der Waals surface area contributed by atoms with Crippen LogP contribution in [0.1, 0.15) is 31.8 Å². The summed E-state index contributed by atoms with van der Waals surface area (Å²) >= 11 is 0. The molecule has 43 heavy (non-hydrogen) atoms. The number of nitrogens with zero attached hydrogens (tertiary/aromatic N) is 2. The van der Waals surface area contributed by atoms with Crippen molar-refractivity contribution in [1.82, 2.24) is 9.80 Å². The number of hydrogen-bond acceptors (Lipinski definition) is 5. The summed E-state index contributed by atoms with van der Waals surface area (Å²) in [5.41, 5.74) is 5.15. The molecule has 0 aliphatic carbocycles. The summed E-state index contributed by atoms with van der Waals surface area (Å²) in [5, 5.41) is 11.3. The molecule has 4 rings (SSSR count). The highest BCUT2D eigenvalue weighted by Gasteiger charge is 2.19. The van der Waals surface area contributed by atoms with Gasteiger partial charge in [-0.2, -0.15) is 0 Å². The van der Waals surface area contributed by atoms with Crippen LogP contribution >= 0.6 is 0 Å². The van der Waals surface area contributed by atoms with Gasteiger partial charge in [-0.05, 0) is 69.8 Å². The average Bonchev–Trinajstić information content (AvgIpc) is 3.02. The fourth-order valence-corrected chi connectivity index (χ4v) is 4.56. The first-order valence-electron chi connectivity index (χ1n) is 14.0. The van der Waals surface area contributed by atoms with Crippen LogP contribution in [0.4, 0.5) is 0 Å². The van der Waals surface area contributed by atoms with Crippen LogP contribution in [-0.2, 0) is 0 Å². The summed E-state index contributed by atoms with van der Waals surface area (Å²) in [7, 11) is 7.65. The molecule has 0 unspecified atom stereocenters. The summed E-state index contributed by atoms with van der Waals surface area (Å²) in [6.07, 6.45) is 10.2. The lowest BCUT2D eigenvalue weighted by Crippen LogP contribution is -2.05. The van der Waals surface area contributed by atoms with Gasteiger partial charge in [0.1, 0.15) is 5.75 Å². The molecule has 0 saturated heterocycles. The standard InChI is InChI=1S/C38H36N2O3/c1-39(2)26-31(28-14-8-5-9-15-28)20-22-36(41)34-24-33(30-18-12-7-13-19-30)25-35(38(34)43)37(42)23-21-32(27-40(3)4)29-16-10-6-11-17-29/h5-27,43H,1-4H3/b22-20+,23-21+,31-26-,32-27+. The van der Waals surface area contributed by atoms with E-state index in [1.165, 1.54) is 12.2 Å². The Balaban J connectivity index is 1.76. The first-order valence-corrected chi connectivity index (χ1v) is 14.0. The van der Waals surface area contributed by atoms with E-state index in [9.17, 15) is 14.7 Å². The van der Waals surface area contributed by atoms with Crippen molar-refractivity contribution in [3.8, 4) is 16.9 Å². The lowest BCUT2D eigenvalue weighted by atomic mass is 9.94. The average molecular weight is 569 g/mol. The van der Waals surface area contributed by atoms with E-state index in [1.54, 1.807) is 24.3 Å². The van der Waals surface area contributed by atoms with Crippen molar-refractivity contribution >= 4 is 22.7 Å². The van der Waals surface area contributed by atoms with Crippen LogP contribution in [0.3, 0.4) is 0 Å². The summed E-state index contributed by atoms with van der Waals surface area (Å²) in [6.45, 7) is 0. The number of carbonyl (C=O) groups is 2. The molecule has 1 N–H and O–H groups in total. The summed E-state index contributed by atoms with van der Waals surface area (Å²) in [5.74, 6) is -1.17. The van der Waals surface area contributed by atoms with Gasteiger partial charge in [0.25, 0.3) is 0 Å². The fourth-order valence-electron chi connectivity index (χ4n) is 4.56. The van der Waals surface area contributed by atoms with Gasteiger partial charge >= 0.3 is 0 Å². The van der Waals surface area contributed by atoms with E-state index in [4.69, 9.17) is 0 Å². The SMILES string of the molecule is CN(C)/C=C(/C=C/C(=O)c1cc(-c2ccccc2)cc(C(=O)/C=C/C(=C\N(C)C)c2ccccc2)c1O)c1ccccc1. The zero-order valence-corrected chi connectivity index (χ0v) is 24.9. The van der Waals surface area contributed by atoms with Gasteiger partial charge in [-0.1, -0.05) is 91.0 Å². The Labute approximate surface area is 254 Å². The number of phenols is 1. The molecule has 0 saturated carbocycles. The van der Waals surface area contributed by atoms with Crippen molar-refractivity contribution in [3.63, 3.8) is 0 Å². The van der Waals surface area contributed by atoms with E-state index >= 15 is 0 Å². The molecule has 5 nitrogen and oxygen atoms in total. The van der Waals surface area contributed by atoms with E-state index in [1.807, 2.05) is 141 Å². The summed E-state index contributed by atoms with van der Waals surface area (Å²) < 4.78 is 0. The molecule has 0 radical (unpaired) electrons. The van der Waals surface area contributed by atoms with Crippen LogP contribution in [0, 0.1) is 0 Å². The second-order valence-corrected chi connectivity index (χ2v) is 10.5. The number of rotatable bonds is 11. The number of phenolic OH excluding ortho intramolecular Hbond substituents is 1. The number of aromatic hydroxyl groups is 1. The van der Waals surface area contributed by atoms with Crippen molar-refractivity contribution in [2.45, 2.75) is 0 Å². The third-order valence-electron chi connectivity index (χ3n) is 6.59. The number of allylic oxidation sites excluding steroid dienone is 6. The fraction of sp³-hybridized carbons (Fsp3) is 0.105. The lowest BCUT2D eigenvalue weighted by Gasteiger charge is -2.12. The highest BCUT2D eigenvalue weighted by molar-refractivity contribution is 6.14. The molecule has 0 amide bonds. The third kappa shape index (κ3) is 8.30. The molecule has 0 aliphatic heterocycles. The minimum absolute atomic E-state index is 0.0544. The Bertz CT molecular complexity index is 1580. The van der Waals surface area contributed by atoms with Crippen LogP contribution < -0.4 is 0 Å². The van der Waals surface area contributed by atoms with Gasteiger partial charge < -0.3 is 14.9 Å². The lowest BCUT2D eigenvalue weighted by molar-refractivity contribution is 0.104. The highest BCUT2D eigenvalue weighted by atomic mass is 16.3. The molecule has 0 aromatic heterocycles. The summed E-state index contributed by atoms with van der Waals surface area (Å²) in [6, 6.07) is 32.2. The molecule has 0 fully saturated rings. The third-order valence-corrected chi connectivity index (χ3v) is 6.59. The molecule has 0 heterocycles. The molecule has 0 atom stereocenters. The van der Waals surface area contributed by atoms with Crippen LogP contribution in [0.15, 0.2) is 140 Å². The molecule has 4 aromatic rings. The highest BCUT2D eigenvalue weighted by Crippen LogP contribution is 2.32. The Morgan fingerprint density at radius 2 is 0.907 bits per heavy atom. The largest absolute Gasteiger partial charge is 0.506 e. The smallest absolute Gasteiger partial charge is 0.189 e. The zero-order valence-electron chi connectivity index (χ0n) is 24.9. The van der Waals surface area contributed by atoms with E-state index in [0.29, 0.717) is 5.56 Å². The van der Waals surface area contributed by atoms with Gasteiger partial charge in [0, 0.05) is 40.6 Å². The molecule has 4 aromatic carbocycles. The number of ketones is 2. The van der Waals surface area contributed by atoms with Gasteiger partial charge in [0.2, 0.25) is 0 Å². The van der Waals surface area contributed by atoms with E-state index in [2.05, 4.69) is 0 Å². The van der Waals surface area contributed by atoms with Crippen molar-refractivity contribution in [1.29, 1.82) is 0 Å². The van der Waals surface area contributed by atoms with Crippen LogP contribution in [0.2, 0.25) is 0 Å². The molecule has 216 valence electrons. The topological polar surface area (TPSA) is 60.9 Å². The minimum atomic E-state index is -0.411. The predicted molar refractivity (Wildman–Crippen MR) is 177 cm³/mol. The van der Waals surface area contributed by atoms with Crippen molar-refractivity contribution in [3.05, 3.63) is 162 Å². The Hall–Kier alpha value is -5.42. The maximum Gasteiger partial charge on any atom is 0.189 e. The second-order valence-electron chi connectivity index (χ2n) is 10.5. The Morgan fingerprint density at radius 3 is 1.28 bits per heavy atom. The van der Waals surface area contributed by atoms with Gasteiger partial charge in [-0.3, -0.25) is 9.59 Å². The van der Waals surface area contributed by atoms with Crippen LogP contribution in [0.25, 0.3) is 22.3 Å². The Kier molecular flexibility index (Phi) is 10.3. The van der Waals surface area contributed by atoms with Crippen LogP contribution in [0.5, 0.6) is 5.75 Å². The van der Waals surface area contributed by atoms with Crippen molar-refractivity contribution in [2.24, 2.45) is 0 Å². The van der Waals surface area contributed by atoms with Gasteiger partial charge in [0.15, 0.2) is 11.6 Å². The van der Waals surface area contributed by atoms with Crippen molar-refractivity contribution < 1.29 is 14.7 Å². The zero-order chi connectivity index (χ0) is 30.8. The van der Waals surface area contributed by atoms with E-state index in [-0.39, 0.29) is 16.9 Å². The quantitative estimate of drug-likeness (QED) is 0.114. The van der Waals surface area contributed by atoms with Gasteiger partial charge in [-0.15, -0.1) is 0 Å². The monoisotopic (exact) mass is 568 g/mol. The number of hydrogen-bond donors (Lipinski definition) is 1. The number of carbonyl (C=O) groups excluding carboxylic acids is 2. The molecular weight excluding hydrogens is 532 g/mol. The molecule has 5 heteroatoms.